The lowest BCUT2D eigenvalue weighted by Gasteiger charge is -2.57. The summed E-state index contributed by atoms with van der Waals surface area (Å²) in [5.41, 5.74) is 5.58. The third-order valence-electron chi connectivity index (χ3n) is 12.1. The van der Waals surface area contributed by atoms with Gasteiger partial charge in [-0.2, -0.15) is 0 Å². The molecule has 1 N–H and O–H groups in total. The number of carboxylic acids is 1. The van der Waals surface area contributed by atoms with E-state index in [-0.39, 0.29) is 58.8 Å². The van der Waals surface area contributed by atoms with Gasteiger partial charge in [0.05, 0.1) is 6.42 Å². The number of hydrogen-bond donors (Lipinski definition) is 1. The summed E-state index contributed by atoms with van der Waals surface area (Å²) < 4.78 is 6.10. The van der Waals surface area contributed by atoms with E-state index in [9.17, 15) is 19.5 Å². The second-order valence-corrected chi connectivity index (χ2v) is 18.7. The number of pyridine rings is 1. The van der Waals surface area contributed by atoms with Crippen LogP contribution in [-0.4, -0.2) is 56.0 Å². The summed E-state index contributed by atoms with van der Waals surface area (Å²) in [6.45, 7) is 8.92. The summed E-state index contributed by atoms with van der Waals surface area (Å²) in [5.74, 6) is 0.660. The summed E-state index contributed by atoms with van der Waals surface area (Å²) in [6.07, 6.45) is 17.0. The Morgan fingerprint density at radius 1 is 0.940 bits per heavy atom. The van der Waals surface area contributed by atoms with E-state index in [0.29, 0.717) is 24.2 Å². The highest BCUT2D eigenvalue weighted by molar-refractivity contribution is 8.77. The van der Waals surface area contributed by atoms with Gasteiger partial charge in [-0.05, 0) is 89.9 Å². The Bertz CT molecular complexity index is 1600. The van der Waals surface area contributed by atoms with Gasteiger partial charge in [-0.15, -0.1) is 0 Å². The molecule has 0 bridgehead atoms. The zero-order valence-electron chi connectivity index (χ0n) is 29.9. The van der Waals surface area contributed by atoms with E-state index < -0.39 is 5.97 Å². The number of nitrogens with zero attached hydrogens (tertiary/aromatic N) is 2. The molecule has 1 heterocycles. The van der Waals surface area contributed by atoms with Crippen LogP contribution in [0, 0.1) is 28.6 Å². The first-order chi connectivity index (χ1) is 24.0. The highest BCUT2D eigenvalue weighted by Crippen LogP contribution is 2.66. The number of ether oxygens (including phenoxy) is 1. The Hall–Kier alpha value is -3.04. The molecule has 0 spiro atoms. The maximum atomic E-state index is 13.1. The third-order valence-corrected chi connectivity index (χ3v) is 15.5. The Kier molecular flexibility index (Phi) is 11.5. The van der Waals surface area contributed by atoms with E-state index in [4.69, 9.17) is 4.74 Å². The minimum absolute atomic E-state index is 0.0288. The molecular weight excluding hydrogens is 665 g/mol. The summed E-state index contributed by atoms with van der Waals surface area (Å²) in [4.78, 5) is 43.4. The molecule has 1 aromatic heterocycles. The van der Waals surface area contributed by atoms with Crippen molar-refractivity contribution < 1.29 is 24.2 Å². The van der Waals surface area contributed by atoms with Crippen molar-refractivity contribution in [2.45, 2.75) is 109 Å². The van der Waals surface area contributed by atoms with Crippen LogP contribution in [0.2, 0.25) is 0 Å². The number of allylic oxidation sites excluding steroid dienone is 3. The average Bonchev–Trinajstić information content (AvgIpc) is 3.45. The molecule has 2 saturated carbocycles. The van der Waals surface area contributed by atoms with Crippen molar-refractivity contribution in [3.63, 3.8) is 0 Å². The molecule has 4 aliphatic rings. The van der Waals surface area contributed by atoms with Crippen LogP contribution in [0.15, 0.2) is 72.6 Å². The molecule has 6 rings (SSSR count). The largest absolute Gasteiger partial charge is 0.480 e. The summed E-state index contributed by atoms with van der Waals surface area (Å²) in [7, 11) is 3.16. The first-order valence-corrected chi connectivity index (χ1v) is 20.6. The van der Waals surface area contributed by atoms with Gasteiger partial charge in [0.15, 0.2) is 0 Å². The van der Waals surface area contributed by atoms with Crippen molar-refractivity contribution in [1.82, 2.24) is 9.88 Å². The standard InChI is InChI=1S/C41H52N2O5S2/c1-27(21-37(44)43(26-38(45)46)25-29-9-6-5-7-10-29)49-50-28(2)22-39(47)48-32-16-18-40(3)31(23-32)12-13-33-35-15-14-34(30-11-8-20-42-24-30)41(35,4)19-17-36(33)40/h5-12,14,20,24,27-28,32-33,35-36H,13,15-19,21-23,25-26H2,1-4H3,(H,45,46)/t27-,28-,32+,33+,35?,36+,40+,41-/m1/s1. The second-order valence-electron chi connectivity index (χ2n) is 15.5. The molecule has 50 heavy (non-hydrogen) atoms. The van der Waals surface area contributed by atoms with Gasteiger partial charge in [0.1, 0.15) is 12.6 Å². The molecule has 4 aliphatic carbocycles. The Morgan fingerprint density at radius 3 is 2.40 bits per heavy atom. The van der Waals surface area contributed by atoms with E-state index in [2.05, 4.69) is 43.1 Å². The summed E-state index contributed by atoms with van der Waals surface area (Å²) >= 11 is 0. The number of aliphatic carboxylic acids is 1. The number of benzene rings is 1. The zero-order valence-corrected chi connectivity index (χ0v) is 31.5. The van der Waals surface area contributed by atoms with Crippen LogP contribution in [0.4, 0.5) is 0 Å². The lowest BCUT2D eigenvalue weighted by atomic mass is 9.47. The summed E-state index contributed by atoms with van der Waals surface area (Å²) in [6, 6.07) is 13.7. The number of fused-ring (bicyclic) bond motifs is 5. The van der Waals surface area contributed by atoms with Gasteiger partial charge in [-0.25, -0.2) is 0 Å². The molecule has 2 fully saturated rings. The number of amides is 1. The number of carbonyl (C=O) groups is 3. The fourth-order valence-corrected chi connectivity index (χ4v) is 11.9. The molecule has 9 heteroatoms. The lowest BCUT2D eigenvalue weighted by Crippen LogP contribution is -2.50. The minimum Gasteiger partial charge on any atom is -0.480 e. The van der Waals surface area contributed by atoms with Gasteiger partial charge in [-0.1, -0.05) is 103 Å². The van der Waals surface area contributed by atoms with Gasteiger partial charge in [0.2, 0.25) is 5.91 Å². The van der Waals surface area contributed by atoms with Crippen molar-refractivity contribution >= 4 is 45.0 Å². The van der Waals surface area contributed by atoms with E-state index in [0.717, 1.165) is 37.7 Å². The quantitative estimate of drug-likeness (QED) is 0.125. The number of aromatic nitrogens is 1. The zero-order chi connectivity index (χ0) is 35.5. The number of carbonyl (C=O) groups excluding carboxylic acids is 2. The van der Waals surface area contributed by atoms with Crippen LogP contribution < -0.4 is 0 Å². The Morgan fingerprint density at radius 2 is 1.68 bits per heavy atom. The Labute approximate surface area is 305 Å². The minimum atomic E-state index is -1.03. The number of carboxylic acid groups (broad SMARTS) is 1. The predicted molar refractivity (Wildman–Crippen MR) is 202 cm³/mol. The van der Waals surface area contributed by atoms with Crippen molar-refractivity contribution in [2.24, 2.45) is 28.6 Å². The van der Waals surface area contributed by atoms with Crippen LogP contribution in [0.3, 0.4) is 0 Å². The Balaban J connectivity index is 0.965. The smallest absolute Gasteiger partial charge is 0.323 e. The lowest BCUT2D eigenvalue weighted by molar-refractivity contribution is -0.151. The topological polar surface area (TPSA) is 96.8 Å². The fourth-order valence-electron chi connectivity index (χ4n) is 9.57. The highest BCUT2D eigenvalue weighted by atomic mass is 33.1. The van der Waals surface area contributed by atoms with Crippen molar-refractivity contribution in [3.05, 3.63) is 83.7 Å². The summed E-state index contributed by atoms with van der Waals surface area (Å²) in [5, 5.41) is 9.36. The van der Waals surface area contributed by atoms with Gasteiger partial charge < -0.3 is 14.7 Å². The van der Waals surface area contributed by atoms with E-state index in [1.165, 1.54) is 34.5 Å². The fraction of sp³-hybridized carbons (Fsp3) is 0.561. The molecule has 1 aromatic carbocycles. The maximum Gasteiger partial charge on any atom is 0.323 e. The van der Waals surface area contributed by atoms with Crippen molar-refractivity contribution in [2.75, 3.05) is 6.54 Å². The first kappa shape index (κ1) is 36.7. The molecule has 1 unspecified atom stereocenters. The molecule has 1 amide bonds. The van der Waals surface area contributed by atoms with Crippen molar-refractivity contribution in [1.29, 1.82) is 0 Å². The normalized spacial score (nSPS) is 29.7. The van der Waals surface area contributed by atoms with E-state index in [1.807, 2.05) is 56.6 Å². The number of esters is 1. The molecule has 268 valence electrons. The molecule has 2 aromatic rings. The van der Waals surface area contributed by atoms with Gasteiger partial charge in [-0.3, -0.25) is 19.4 Å². The van der Waals surface area contributed by atoms with E-state index in [1.54, 1.807) is 21.6 Å². The van der Waals surface area contributed by atoms with Gasteiger partial charge in [0.25, 0.3) is 0 Å². The predicted octanol–water partition coefficient (Wildman–Crippen LogP) is 9.00. The number of rotatable bonds is 13. The highest BCUT2D eigenvalue weighted by Gasteiger charge is 2.57. The van der Waals surface area contributed by atoms with Crippen LogP contribution in [0.5, 0.6) is 0 Å². The van der Waals surface area contributed by atoms with Crippen LogP contribution >= 0.6 is 21.6 Å². The number of hydrogen-bond acceptors (Lipinski definition) is 7. The first-order valence-electron chi connectivity index (χ1n) is 18.3. The molecule has 0 saturated heterocycles. The van der Waals surface area contributed by atoms with Gasteiger partial charge in [0, 0.05) is 42.3 Å². The molecular formula is C41H52N2O5S2. The van der Waals surface area contributed by atoms with Crippen LogP contribution in [0.1, 0.15) is 96.6 Å². The molecule has 8 atom stereocenters. The molecule has 0 radical (unpaired) electrons. The third kappa shape index (κ3) is 8.04. The van der Waals surface area contributed by atoms with Gasteiger partial charge >= 0.3 is 11.9 Å². The van der Waals surface area contributed by atoms with Crippen LogP contribution in [0.25, 0.3) is 5.57 Å². The monoisotopic (exact) mass is 716 g/mol. The van der Waals surface area contributed by atoms with E-state index >= 15 is 0 Å². The molecule has 0 aliphatic heterocycles. The SMILES string of the molecule is C[C@H](CC(=O)O[C@H]1CC[C@@]2(C)C(=CC[C@H]3C4CC=C(c5cccnc5)[C@@]4(C)CC[C@@H]32)C1)SS[C@H](C)CC(=O)N(CC(=O)O)Cc1ccccc1. The maximum absolute atomic E-state index is 13.1. The van der Waals surface area contributed by atoms with Crippen molar-refractivity contribution in [3.8, 4) is 0 Å². The molecule has 7 nitrogen and oxygen atoms in total. The average molecular weight is 717 g/mol. The second kappa shape index (κ2) is 15.7. The van der Waals surface area contributed by atoms with Crippen LogP contribution in [-0.2, 0) is 25.7 Å².